The van der Waals surface area contributed by atoms with Crippen LogP contribution in [0, 0.1) is 0 Å². The number of nitrogens with zero attached hydrogens (tertiary/aromatic N) is 3. The van der Waals surface area contributed by atoms with Crippen LogP contribution in [0.3, 0.4) is 0 Å². The molecule has 0 saturated heterocycles. The zero-order valence-electron chi connectivity index (χ0n) is 12.6. The van der Waals surface area contributed by atoms with Gasteiger partial charge in [0.25, 0.3) is 0 Å². The van der Waals surface area contributed by atoms with Crippen LogP contribution < -0.4 is 0 Å². The Balaban J connectivity index is 2.18. The Bertz CT molecular complexity index is 976. The largest absolute Gasteiger partial charge is 0.493 e. The molecule has 0 spiro atoms. The minimum atomic E-state index is 0.00614. The van der Waals surface area contributed by atoms with Gasteiger partial charge < -0.3 is 9.67 Å². The van der Waals surface area contributed by atoms with Crippen molar-refractivity contribution in [2.75, 3.05) is 0 Å². The van der Waals surface area contributed by atoms with E-state index in [1.165, 1.54) is 6.33 Å². The van der Waals surface area contributed by atoms with Crippen molar-refractivity contribution in [1.82, 2.24) is 14.5 Å². The molecule has 0 saturated carbocycles. The molecule has 0 bridgehead atoms. The van der Waals surface area contributed by atoms with Gasteiger partial charge in [-0.2, -0.15) is 0 Å². The lowest BCUT2D eigenvalue weighted by molar-refractivity contribution is 0.459. The Morgan fingerprint density at radius 1 is 0.826 bits per heavy atom. The SMILES string of the molecule is Cn1c(-c2ccccc2)c(-c2ccccc2)c2c(O)ncnc21. The van der Waals surface area contributed by atoms with Gasteiger partial charge in [-0.1, -0.05) is 60.7 Å². The molecule has 4 rings (SSSR count). The van der Waals surface area contributed by atoms with Crippen molar-refractivity contribution < 1.29 is 5.11 Å². The minimum Gasteiger partial charge on any atom is -0.493 e. The highest BCUT2D eigenvalue weighted by Crippen LogP contribution is 2.42. The number of aromatic hydroxyl groups is 1. The predicted octanol–water partition coefficient (Wildman–Crippen LogP) is 4.01. The number of hydrogen-bond donors (Lipinski definition) is 1. The van der Waals surface area contributed by atoms with Gasteiger partial charge in [0.05, 0.1) is 11.1 Å². The van der Waals surface area contributed by atoms with E-state index in [0.29, 0.717) is 5.39 Å². The van der Waals surface area contributed by atoms with Crippen LogP contribution in [0.4, 0.5) is 0 Å². The van der Waals surface area contributed by atoms with E-state index in [1.54, 1.807) is 0 Å². The van der Waals surface area contributed by atoms with E-state index < -0.39 is 0 Å². The third-order valence-corrected chi connectivity index (χ3v) is 4.06. The summed E-state index contributed by atoms with van der Waals surface area (Å²) < 4.78 is 2.01. The van der Waals surface area contributed by atoms with Crippen LogP contribution in [-0.4, -0.2) is 19.6 Å². The Kier molecular flexibility index (Phi) is 3.08. The molecular weight excluding hydrogens is 286 g/mol. The van der Waals surface area contributed by atoms with E-state index in [-0.39, 0.29) is 5.88 Å². The first-order valence-corrected chi connectivity index (χ1v) is 7.40. The molecule has 0 atom stereocenters. The Morgan fingerprint density at radius 2 is 1.43 bits per heavy atom. The maximum absolute atomic E-state index is 10.3. The van der Waals surface area contributed by atoms with Gasteiger partial charge in [0, 0.05) is 12.6 Å². The summed E-state index contributed by atoms with van der Waals surface area (Å²) in [6.45, 7) is 0. The van der Waals surface area contributed by atoms with Crippen molar-refractivity contribution in [3.05, 3.63) is 67.0 Å². The monoisotopic (exact) mass is 301 g/mol. The molecule has 0 fully saturated rings. The van der Waals surface area contributed by atoms with Crippen LogP contribution in [0.15, 0.2) is 67.0 Å². The molecule has 2 heterocycles. The average Bonchev–Trinajstić information content (AvgIpc) is 2.91. The molecule has 0 aliphatic rings. The minimum absolute atomic E-state index is 0.00614. The molecule has 0 amide bonds. The first-order chi connectivity index (χ1) is 11.3. The van der Waals surface area contributed by atoms with E-state index in [4.69, 9.17) is 0 Å². The quantitative estimate of drug-likeness (QED) is 0.608. The smallest absolute Gasteiger partial charge is 0.224 e. The van der Waals surface area contributed by atoms with Crippen LogP contribution in [0.25, 0.3) is 33.4 Å². The van der Waals surface area contributed by atoms with Gasteiger partial charge in [0.1, 0.15) is 12.0 Å². The highest BCUT2D eigenvalue weighted by Gasteiger charge is 2.21. The molecule has 112 valence electrons. The number of aromatic nitrogens is 3. The van der Waals surface area contributed by atoms with Gasteiger partial charge >= 0.3 is 0 Å². The lowest BCUT2D eigenvalue weighted by Gasteiger charge is -2.08. The van der Waals surface area contributed by atoms with Gasteiger partial charge in [-0.15, -0.1) is 0 Å². The van der Waals surface area contributed by atoms with Gasteiger partial charge in [-0.05, 0) is 11.1 Å². The zero-order chi connectivity index (χ0) is 15.8. The number of rotatable bonds is 2. The molecular formula is C19H15N3O. The van der Waals surface area contributed by atoms with E-state index in [2.05, 4.69) is 22.1 Å². The van der Waals surface area contributed by atoms with E-state index in [0.717, 1.165) is 28.0 Å². The summed E-state index contributed by atoms with van der Waals surface area (Å²) in [4.78, 5) is 8.34. The van der Waals surface area contributed by atoms with Crippen molar-refractivity contribution in [2.45, 2.75) is 0 Å². The van der Waals surface area contributed by atoms with Crippen molar-refractivity contribution in [1.29, 1.82) is 0 Å². The topological polar surface area (TPSA) is 50.9 Å². The molecule has 0 aliphatic heterocycles. The molecule has 4 nitrogen and oxygen atoms in total. The number of benzene rings is 2. The molecule has 23 heavy (non-hydrogen) atoms. The van der Waals surface area contributed by atoms with Crippen LogP contribution in [0.1, 0.15) is 0 Å². The summed E-state index contributed by atoms with van der Waals surface area (Å²) in [6, 6.07) is 20.2. The maximum atomic E-state index is 10.3. The van der Waals surface area contributed by atoms with Crippen molar-refractivity contribution in [3.63, 3.8) is 0 Å². The summed E-state index contributed by atoms with van der Waals surface area (Å²) in [6.07, 6.45) is 1.39. The van der Waals surface area contributed by atoms with E-state index >= 15 is 0 Å². The highest BCUT2D eigenvalue weighted by molar-refractivity contribution is 6.05. The lowest BCUT2D eigenvalue weighted by Crippen LogP contribution is -1.93. The second-order valence-corrected chi connectivity index (χ2v) is 5.41. The highest BCUT2D eigenvalue weighted by atomic mass is 16.3. The fourth-order valence-electron chi connectivity index (χ4n) is 3.06. The maximum Gasteiger partial charge on any atom is 0.224 e. The third-order valence-electron chi connectivity index (χ3n) is 4.06. The van der Waals surface area contributed by atoms with Crippen LogP contribution in [-0.2, 0) is 7.05 Å². The molecule has 2 aromatic carbocycles. The first-order valence-electron chi connectivity index (χ1n) is 7.40. The summed E-state index contributed by atoms with van der Waals surface area (Å²) in [5.41, 5.74) is 4.79. The summed E-state index contributed by atoms with van der Waals surface area (Å²) in [5, 5.41) is 11.0. The fourth-order valence-corrected chi connectivity index (χ4v) is 3.06. The third kappa shape index (κ3) is 2.07. The van der Waals surface area contributed by atoms with Crippen LogP contribution >= 0.6 is 0 Å². The lowest BCUT2D eigenvalue weighted by atomic mass is 9.99. The van der Waals surface area contributed by atoms with Gasteiger partial charge in [-0.25, -0.2) is 9.97 Å². The number of fused-ring (bicyclic) bond motifs is 1. The molecule has 0 radical (unpaired) electrons. The van der Waals surface area contributed by atoms with Crippen molar-refractivity contribution in [2.24, 2.45) is 7.05 Å². The Hall–Kier alpha value is -3.14. The average molecular weight is 301 g/mol. The summed E-state index contributed by atoms with van der Waals surface area (Å²) in [7, 11) is 1.96. The summed E-state index contributed by atoms with van der Waals surface area (Å²) >= 11 is 0. The standard InChI is InChI=1S/C19H15N3O/c1-22-17(14-10-6-3-7-11-14)15(13-8-4-2-5-9-13)16-18(22)20-12-21-19(16)23/h2-12H,1H3,(H,20,21,23). The Labute approximate surface area is 133 Å². The molecule has 4 heteroatoms. The van der Waals surface area contributed by atoms with Gasteiger partial charge in [-0.3, -0.25) is 0 Å². The molecule has 4 aromatic rings. The van der Waals surface area contributed by atoms with Gasteiger partial charge in [0.15, 0.2) is 0 Å². The second kappa shape index (κ2) is 5.25. The van der Waals surface area contributed by atoms with E-state index in [9.17, 15) is 5.11 Å². The van der Waals surface area contributed by atoms with E-state index in [1.807, 2.05) is 60.1 Å². The normalized spacial score (nSPS) is 11.0. The first kappa shape index (κ1) is 13.5. The van der Waals surface area contributed by atoms with Crippen molar-refractivity contribution in [3.8, 4) is 28.3 Å². The van der Waals surface area contributed by atoms with Crippen LogP contribution in [0.5, 0.6) is 5.88 Å². The Morgan fingerprint density at radius 3 is 2.09 bits per heavy atom. The molecule has 2 aromatic heterocycles. The number of hydrogen-bond acceptors (Lipinski definition) is 3. The van der Waals surface area contributed by atoms with Crippen molar-refractivity contribution >= 4 is 11.0 Å². The predicted molar refractivity (Wildman–Crippen MR) is 91.0 cm³/mol. The molecule has 0 unspecified atom stereocenters. The van der Waals surface area contributed by atoms with Crippen LogP contribution in [0.2, 0.25) is 0 Å². The summed E-state index contributed by atoms with van der Waals surface area (Å²) in [5.74, 6) is 0.00614. The second-order valence-electron chi connectivity index (χ2n) is 5.41. The fraction of sp³-hybridized carbons (Fsp3) is 0.0526. The molecule has 1 N–H and O–H groups in total. The van der Waals surface area contributed by atoms with Gasteiger partial charge in [0.2, 0.25) is 5.88 Å². The zero-order valence-corrected chi connectivity index (χ0v) is 12.6. The molecule has 0 aliphatic carbocycles. The number of aryl methyl sites for hydroxylation is 1.